The highest BCUT2D eigenvalue weighted by atomic mass is 32.1. The fourth-order valence-electron chi connectivity index (χ4n) is 1.91. The van der Waals surface area contributed by atoms with Crippen LogP contribution in [0, 0.1) is 0 Å². The van der Waals surface area contributed by atoms with E-state index in [9.17, 15) is 0 Å². The summed E-state index contributed by atoms with van der Waals surface area (Å²) < 4.78 is 10.6. The van der Waals surface area contributed by atoms with E-state index in [4.69, 9.17) is 9.47 Å². The molecule has 0 aliphatic rings. The van der Waals surface area contributed by atoms with E-state index >= 15 is 0 Å². The summed E-state index contributed by atoms with van der Waals surface area (Å²) in [5.41, 5.74) is 1.19. The van der Waals surface area contributed by atoms with Crippen LogP contribution >= 0.6 is 11.3 Å². The molecule has 0 bridgehead atoms. The Morgan fingerprint density at radius 3 is 2.58 bits per heavy atom. The summed E-state index contributed by atoms with van der Waals surface area (Å²) in [6.07, 6.45) is 0. The fraction of sp³-hybridized carbons (Fsp3) is 0.333. The largest absolute Gasteiger partial charge is 0.493 e. The first kappa shape index (κ1) is 13.9. The van der Waals surface area contributed by atoms with Gasteiger partial charge in [0.25, 0.3) is 0 Å². The number of thiophene rings is 1. The van der Waals surface area contributed by atoms with Gasteiger partial charge >= 0.3 is 0 Å². The van der Waals surface area contributed by atoms with Gasteiger partial charge in [0.15, 0.2) is 11.5 Å². The van der Waals surface area contributed by atoms with Crippen LogP contribution in [0.2, 0.25) is 0 Å². The Hall–Kier alpha value is -1.52. The zero-order valence-electron chi connectivity index (χ0n) is 11.5. The van der Waals surface area contributed by atoms with Gasteiger partial charge in [-0.15, -0.1) is 11.3 Å². The highest BCUT2D eigenvalue weighted by Gasteiger charge is 2.09. The molecular formula is C15H19NO2S. The van der Waals surface area contributed by atoms with Crippen LogP contribution in [-0.4, -0.2) is 14.2 Å². The average molecular weight is 277 g/mol. The van der Waals surface area contributed by atoms with Crippen molar-refractivity contribution >= 4 is 11.3 Å². The van der Waals surface area contributed by atoms with Crippen molar-refractivity contribution in [2.24, 2.45) is 0 Å². The van der Waals surface area contributed by atoms with Gasteiger partial charge in [-0.1, -0.05) is 12.1 Å². The molecule has 19 heavy (non-hydrogen) atoms. The predicted octanol–water partition coefficient (Wildman–Crippen LogP) is 3.62. The van der Waals surface area contributed by atoms with Crippen LogP contribution in [0.25, 0.3) is 0 Å². The van der Waals surface area contributed by atoms with Crippen molar-refractivity contribution in [1.29, 1.82) is 0 Å². The normalized spacial score (nSPS) is 12.2. The summed E-state index contributed by atoms with van der Waals surface area (Å²) in [7, 11) is 3.31. The molecule has 0 amide bonds. The second kappa shape index (κ2) is 6.59. The quantitative estimate of drug-likeness (QED) is 0.875. The fourth-order valence-corrected chi connectivity index (χ4v) is 2.56. The smallest absolute Gasteiger partial charge is 0.161 e. The van der Waals surface area contributed by atoms with E-state index in [1.807, 2.05) is 12.1 Å². The third-order valence-corrected chi connectivity index (χ3v) is 3.95. The number of methoxy groups -OCH3 is 2. The third kappa shape index (κ3) is 3.49. The van der Waals surface area contributed by atoms with Gasteiger partial charge in [0, 0.05) is 17.5 Å². The molecule has 102 valence electrons. The highest BCUT2D eigenvalue weighted by molar-refractivity contribution is 7.09. The first-order valence-corrected chi connectivity index (χ1v) is 7.10. The average Bonchev–Trinajstić information content (AvgIpc) is 2.97. The lowest BCUT2D eigenvalue weighted by atomic mass is 10.1. The molecule has 2 aromatic rings. The Labute approximate surface area is 118 Å². The minimum Gasteiger partial charge on any atom is -0.493 e. The van der Waals surface area contributed by atoms with E-state index in [1.165, 1.54) is 10.4 Å². The Bertz CT molecular complexity index is 511. The predicted molar refractivity (Wildman–Crippen MR) is 79.1 cm³/mol. The van der Waals surface area contributed by atoms with Crippen molar-refractivity contribution in [1.82, 2.24) is 5.32 Å². The summed E-state index contributed by atoms with van der Waals surface area (Å²) in [5, 5.41) is 5.60. The van der Waals surface area contributed by atoms with Gasteiger partial charge in [0.05, 0.1) is 14.2 Å². The SMILES string of the molecule is COc1ccc(C(C)NCc2cccs2)cc1OC. The second-order valence-electron chi connectivity index (χ2n) is 4.30. The van der Waals surface area contributed by atoms with Crippen molar-refractivity contribution in [2.45, 2.75) is 19.5 Å². The Kier molecular flexibility index (Phi) is 4.82. The molecule has 4 heteroatoms. The molecule has 1 unspecified atom stereocenters. The molecule has 0 spiro atoms. The van der Waals surface area contributed by atoms with E-state index in [0.29, 0.717) is 0 Å². The molecule has 0 radical (unpaired) electrons. The van der Waals surface area contributed by atoms with Gasteiger partial charge in [-0.05, 0) is 36.1 Å². The van der Waals surface area contributed by atoms with E-state index in [-0.39, 0.29) is 6.04 Å². The van der Waals surface area contributed by atoms with Gasteiger partial charge < -0.3 is 14.8 Å². The van der Waals surface area contributed by atoms with Crippen LogP contribution < -0.4 is 14.8 Å². The lowest BCUT2D eigenvalue weighted by Crippen LogP contribution is -2.17. The number of hydrogen-bond acceptors (Lipinski definition) is 4. The summed E-state index contributed by atoms with van der Waals surface area (Å²) in [4.78, 5) is 1.34. The van der Waals surface area contributed by atoms with Crippen LogP contribution in [0.5, 0.6) is 11.5 Å². The van der Waals surface area contributed by atoms with Crippen LogP contribution in [0.3, 0.4) is 0 Å². The molecule has 1 atom stereocenters. The van der Waals surface area contributed by atoms with E-state index in [0.717, 1.165) is 18.0 Å². The van der Waals surface area contributed by atoms with Crippen molar-refractivity contribution < 1.29 is 9.47 Å². The standard InChI is InChI=1S/C15H19NO2S/c1-11(16-10-13-5-4-8-19-13)12-6-7-14(17-2)15(9-12)18-3/h4-9,11,16H,10H2,1-3H3. The van der Waals surface area contributed by atoms with Crippen LogP contribution in [-0.2, 0) is 6.54 Å². The van der Waals surface area contributed by atoms with Crippen LogP contribution in [0.4, 0.5) is 0 Å². The molecule has 3 nitrogen and oxygen atoms in total. The maximum atomic E-state index is 5.33. The molecular weight excluding hydrogens is 258 g/mol. The minimum atomic E-state index is 0.266. The number of nitrogens with one attached hydrogen (secondary N) is 1. The van der Waals surface area contributed by atoms with Crippen molar-refractivity contribution in [3.8, 4) is 11.5 Å². The zero-order valence-corrected chi connectivity index (χ0v) is 12.3. The Morgan fingerprint density at radius 1 is 1.16 bits per heavy atom. The van der Waals surface area contributed by atoms with E-state index in [2.05, 4.69) is 35.8 Å². The minimum absolute atomic E-state index is 0.266. The van der Waals surface area contributed by atoms with E-state index in [1.54, 1.807) is 25.6 Å². The number of rotatable bonds is 6. The molecule has 1 N–H and O–H groups in total. The topological polar surface area (TPSA) is 30.5 Å². The molecule has 0 saturated heterocycles. The van der Waals surface area contributed by atoms with Crippen molar-refractivity contribution in [2.75, 3.05) is 14.2 Å². The van der Waals surface area contributed by atoms with Gasteiger partial charge in [-0.2, -0.15) is 0 Å². The van der Waals surface area contributed by atoms with Gasteiger partial charge in [-0.25, -0.2) is 0 Å². The summed E-state index contributed by atoms with van der Waals surface area (Å²) in [6, 6.07) is 10.5. The molecule has 0 aliphatic heterocycles. The number of ether oxygens (including phenoxy) is 2. The van der Waals surface area contributed by atoms with Crippen molar-refractivity contribution in [3.63, 3.8) is 0 Å². The van der Waals surface area contributed by atoms with Crippen LogP contribution in [0.1, 0.15) is 23.4 Å². The number of hydrogen-bond donors (Lipinski definition) is 1. The lowest BCUT2D eigenvalue weighted by molar-refractivity contribution is 0.354. The molecule has 0 fully saturated rings. The van der Waals surface area contributed by atoms with Crippen molar-refractivity contribution in [3.05, 3.63) is 46.2 Å². The third-order valence-electron chi connectivity index (χ3n) is 3.07. The van der Waals surface area contributed by atoms with Gasteiger partial charge in [-0.3, -0.25) is 0 Å². The number of benzene rings is 1. The lowest BCUT2D eigenvalue weighted by Gasteiger charge is -2.16. The zero-order chi connectivity index (χ0) is 13.7. The molecule has 1 aromatic carbocycles. The molecule has 1 aromatic heterocycles. The first-order chi connectivity index (χ1) is 9.24. The van der Waals surface area contributed by atoms with Gasteiger partial charge in [0.1, 0.15) is 0 Å². The molecule has 1 heterocycles. The van der Waals surface area contributed by atoms with Crippen LogP contribution in [0.15, 0.2) is 35.7 Å². The Balaban J connectivity index is 2.04. The maximum Gasteiger partial charge on any atom is 0.161 e. The maximum absolute atomic E-state index is 5.33. The molecule has 0 saturated carbocycles. The first-order valence-electron chi connectivity index (χ1n) is 6.22. The monoisotopic (exact) mass is 277 g/mol. The summed E-state index contributed by atoms with van der Waals surface area (Å²) in [6.45, 7) is 3.03. The second-order valence-corrected chi connectivity index (χ2v) is 5.33. The molecule has 2 rings (SSSR count). The highest BCUT2D eigenvalue weighted by Crippen LogP contribution is 2.30. The molecule has 0 aliphatic carbocycles. The van der Waals surface area contributed by atoms with Gasteiger partial charge in [0.2, 0.25) is 0 Å². The Morgan fingerprint density at radius 2 is 1.95 bits per heavy atom. The van der Waals surface area contributed by atoms with E-state index < -0.39 is 0 Å². The summed E-state index contributed by atoms with van der Waals surface area (Å²) in [5.74, 6) is 1.53. The summed E-state index contributed by atoms with van der Waals surface area (Å²) >= 11 is 1.77.